The normalized spacial score (nSPS) is 12.1. The number of halogens is 2. The number of nitrogens with one attached hydrogen (secondary N) is 1. The van der Waals surface area contributed by atoms with Gasteiger partial charge >= 0.3 is 0 Å². The van der Waals surface area contributed by atoms with Gasteiger partial charge in [-0.3, -0.25) is 4.98 Å². The van der Waals surface area contributed by atoms with Gasteiger partial charge in [0, 0.05) is 38.6 Å². The second-order valence-corrected chi connectivity index (χ2v) is 7.39. The maximum absolute atomic E-state index is 11.0. The van der Waals surface area contributed by atoms with Crippen molar-refractivity contribution in [2.75, 3.05) is 5.32 Å². The number of aromatic nitrogens is 2. The number of benzene rings is 2. The summed E-state index contributed by atoms with van der Waals surface area (Å²) in [6, 6.07) is 18.2. The lowest BCUT2D eigenvalue weighted by Crippen LogP contribution is -2.14. The SMILES string of the molecule is Cc1ccc2ccc(C(Nc3cc(Cl)cc(Cl)c3)c3ccccn3)c(O)c2n1. The number of aryl methyl sites for hydroxylation is 1. The molecule has 0 radical (unpaired) electrons. The molecule has 4 aromatic rings. The molecule has 0 bridgehead atoms. The second kappa shape index (κ2) is 7.66. The number of hydrogen-bond acceptors (Lipinski definition) is 4. The van der Waals surface area contributed by atoms with Gasteiger partial charge in [0.2, 0.25) is 0 Å². The summed E-state index contributed by atoms with van der Waals surface area (Å²) in [5.41, 5.74) is 3.54. The molecule has 1 unspecified atom stereocenters. The van der Waals surface area contributed by atoms with Gasteiger partial charge in [-0.1, -0.05) is 47.5 Å². The molecule has 0 aliphatic heterocycles. The van der Waals surface area contributed by atoms with Gasteiger partial charge in [-0.2, -0.15) is 0 Å². The molecule has 6 heteroatoms. The number of phenols is 1. The van der Waals surface area contributed by atoms with E-state index in [1.807, 2.05) is 49.4 Å². The van der Waals surface area contributed by atoms with E-state index in [1.54, 1.807) is 24.4 Å². The van der Waals surface area contributed by atoms with Gasteiger partial charge in [-0.15, -0.1) is 0 Å². The first-order valence-electron chi connectivity index (χ1n) is 8.74. The molecule has 2 N–H and O–H groups in total. The average Bonchev–Trinajstić information content (AvgIpc) is 2.67. The minimum absolute atomic E-state index is 0.123. The van der Waals surface area contributed by atoms with Gasteiger partial charge < -0.3 is 10.4 Å². The van der Waals surface area contributed by atoms with Crippen LogP contribution in [0.3, 0.4) is 0 Å². The molecule has 0 aliphatic rings. The summed E-state index contributed by atoms with van der Waals surface area (Å²) < 4.78 is 0. The van der Waals surface area contributed by atoms with Crippen molar-refractivity contribution in [2.24, 2.45) is 0 Å². The van der Waals surface area contributed by atoms with Crippen LogP contribution < -0.4 is 5.32 Å². The fourth-order valence-electron chi connectivity index (χ4n) is 3.18. The fraction of sp³-hybridized carbons (Fsp3) is 0.0909. The zero-order valence-electron chi connectivity index (χ0n) is 15.0. The molecular weight excluding hydrogens is 393 g/mol. The molecule has 140 valence electrons. The van der Waals surface area contributed by atoms with Gasteiger partial charge in [0.1, 0.15) is 11.3 Å². The number of phenolic OH excluding ortho intramolecular Hbond substituents is 1. The molecule has 0 amide bonds. The van der Waals surface area contributed by atoms with E-state index in [-0.39, 0.29) is 5.75 Å². The molecule has 0 saturated carbocycles. The monoisotopic (exact) mass is 409 g/mol. The number of fused-ring (bicyclic) bond motifs is 1. The van der Waals surface area contributed by atoms with Crippen LogP contribution in [0.25, 0.3) is 10.9 Å². The van der Waals surface area contributed by atoms with Crippen molar-refractivity contribution < 1.29 is 5.11 Å². The van der Waals surface area contributed by atoms with Crippen molar-refractivity contribution >= 4 is 39.8 Å². The molecule has 0 fully saturated rings. The molecule has 28 heavy (non-hydrogen) atoms. The minimum Gasteiger partial charge on any atom is -0.505 e. The predicted molar refractivity (Wildman–Crippen MR) is 114 cm³/mol. The zero-order valence-corrected chi connectivity index (χ0v) is 16.5. The van der Waals surface area contributed by atoms with Crippen LogP contribution in [0.15, 0.2) is 66.9 Å². The quantitative estimate of drug-likeness (QED) is 0.424. The molecule has 4 rings (SSSR count). The Morgan fingerprint density at radius 2 is 1.71 bits per heavy atom. The van der Waals surface area contributed by atoms with Crippen LogP contribution in [-0.4, -0.2) is 15.1 Å². The van der Waals surface area contributed by atoms with Crippen molar-refractivity contribution in [1.82, 2.24) is 9.97 Å². The lowest BCUT2D eigenvalue weighted by molar-refractivity contribution is 0.471. The number of pyridine rings is 2. The van der Waals surface area contributed by atoms with E-state index in [2.05, 4.69) is 15.3 Å². The third kappa shape index (κ3) is 3.75. The third-order valence-corrected chi connectivity index (χ3v) is 4.91. The van der Waals surface area contributed by atoms with E-state index in [4.69, 9.17) is 23.2 Å². The minimum atomic E-state index is -0.414. The summed E-state index contributed by atoms with van der Waals surface area (Å²) in [6.45, 7) is 1.90. The lowest BCUT2D eigenvalue weighted by Gasteiger charge is -2.22. The van der Waals surface area contributed by atoms with Crippen LogP contribution in [0, 0.1) is 6.92 Å². The Morgan fingerprint density at radius 3 is 2.43 bits per heavy atom. The average molecular weight is 410 g/mol. The third-order valence-electron chi connectivity index (χ3n) is 4.47. The summed E-state index contributed by atoms with van der Waals surface area (Å²) in [5, 5.41) is 16.3. The van der Waals surface area contributed by atoms with Crippen LogP contribution in [0.1, 0.15) is 23.0 Å². The number of nitrogens with zero attached hydrogens (tertiary/aromatic N) is 2. The standard InChI is InChI=1S/C22H17Cl2N3O/c1-13-5-6-14-7-8-18(22(28)20(14)26-13)21(19-4-2-3-9-25-19)27-17-11-15(23)10-16(24)12-17/h2-12,21,27-28H,1H3. The van der Waals surface area contributed by atoms with Crippen molar-refractivity contribution in [3.05, 3.63) is 93.9 Å². The van der Waals surface area contributed by atoms with Gasteiger partial charge in [0.15, 0.2) is 0 Å². The highest BCUT2D eigenvalue weighted by atomic mass is 35.5. The highest BCUT2D eigenvalue weighted by Crippen LogP contribution is 2.36. The van der Waals surface area contributed by atoms with Crippen LogP contribution in [0.4, 0.5) is 5.69 Å². The van der Waals surface area contributed by atoms with Crippen molar-refractivity contribution in [3.8, 4) is 5.75 Å². The number of rotatable bonds is 4. The fourth-order valence-corrected chi connectivity index (χ4v) is 3.71. The number of aromatic hydroxyl groups is 1. The highest BCUT2D eigenvalue weighted by Gasteiger charge is 2.21. The lowest BCUT2D eigenvalue weighted by atomic mass is 9.99. The summed E-state index contributed by atoms with van der Waals surface area (Å²) in [7, 11) is 0. The Labute approximate surface area is 172 Å². The highest BCUT2D eigenvalue weighted by molar-refractivity contribution is 6.35. The van der Waals surface area contributed by atoms with Crippen molar-refractivity contribution in [3.63, 3.8) is 0 Å². The Bertz CT molecular complexity index is 1130. The Kier molecular flexibility index (Phi) is 5.07. The summed E-state index contributed by atoms with van der Waals surface area (Å²) in [5.74, 6) is 0.123. The molecule has 4 nitrogen and oxygen atoms in total. The molecule has 2 aromatic carbocycles. The van der Waals surface area contributed by atoms with Gasteiger partial charge in [-0.05, 0) is 43.3 Å². The summed E-state index contributed by atoms with van der Waals surface area (Å²) in [4.78, 5) is 8.98. The van der Waals surface area contributed by atoms with Crippen LogP contribution in [0.2, 0.25) is 10.0 Å². The topological polar surface area (TPSA) is 58.0 Å². The predicted octanol–water partition coefficient (Wildman–Crippen LogP) is 6.15. The largest absolute Gasteiger partial charge is 0.505 e. The summed E-state index contributed by atoms with van der Waals surface area (Å²) >= 11 is 12.3. The van der Waals surface area contributed by atoms with Crippen LogP contribution >= 0.6 is 23.2 Å². The van der Waals surface area contributed by atoms with E-state index in [1.165, 1.54) is 0 Å². The van der Waals surface area contributed by atoms with Gasteiger partial charge in [0.05, 0.1) is 11.7 Å². The summed E-state index contributed by atoms with van der Waals surface area (Å²) in [6.07, 6.45) is 1.72. The Balaban J connectivity index is 1.86. The second-order valence-electron chi connectivity index (χ2n) is 6.52. The van der Waals surface area contributed by atoms with E-state index in [9.17, 15) is 5.11 Å². The van der Waals surface area contributed by atoms with Crippen LogP contribution in [-0.2, 0) is 0 Å². The smallest absolute Gasteiger partial charge is 0.147 e. The maximum atomic E-state index is 11.0. The van der Waals surface area contributed by atoms with Crippen molar-refractivity contribution in [2.45, 2.75) is 13.0 Å². The van der Waals surface area contributed by atoms with E-state index < -0.39 is 6.04 Å². The Morgan fingerprint density at radius 1 is 0.964 bits per heavy atom. The first kappa shape index (κ1) is 18.5. The Hall–Kier alpha value is -2.82. The molecule has 0 spiro atoms. The molecule has 0 aliphatic carbocycles. The molecule has 0 saturated heterocycles. The van der Waals surface area contributed by atoms with E-state index >= 15 is 0 Å². The number of anilines is 1. The van der Waals surface area contributed by atoms with Gasteiger partial charge in [-0.25, -0.2) is 4.98 Å². The molecule has 1 atom stereocenters. The van der Waals surface area contributed by atoms with E-state index in [0.29, 0.717) is 21.1 Å². The molecule has 2 aromatic heterocycles. The first-order chi connectivity index (χ1) is 13.5. The van der Waals surface area contributed by atoms with Gasteiger partial charge in [0.25, 0.3) is 0 Å². The zero-order chi connectivity index (χ0) is 19.7. The van der Waals surface area contributed by atoms with Crippen LogP contribution in [0.5, 0.6) is 5.75 Å². The van der Waals surface area contributed by atoms with Crippen molar-refractivity contribution in [1.29, 1.82) is 0 Å². The number of hydrogen-bond donors (Lipinski definition) is 2. The molecule has 2 heterocycles. The maximum Gasteiger partial charge on any atom is 0.147 e. The molecular formula is C22H17Cl2N3O. The van der Waals surface area contributed by atoms with E-state index in [0.717, 1.165) is 22.5 Å². The first-order valence-corrected chi connectivity index (χ1v) is 9.49.